The highest BCUT2D eigenvalue weighted by Gasteiger charge is 2.31. The number of rotatable bonds is 6. The van der Waals surface area contributed by atoms with Crippen molar-refractivity contribution in [2.24, 2.45) is 0 Å². The van der Waals surface area contributed by atoms with Gasteiger partial charge in [0.05, 0.1) is 11.9 Å². The molecule has 0 saturated carbocycles. The number of benzene rings is 2. The fourth-order valence-electron chi connectivity index (χ4n) is 2.79. The molecule has 0 saturated heterocycles. The zero-order valence-corrected chi connectivity index (χ0v) is 19.4. The summed E-state index contributed by atoms with van der Waals surface area (Å²) in [6.07, 6.45) is 1.04. The minimum absolute atomic E-state index is 0.257. The summed E-state index contributed by atoms with van der Waals surface area (Å²) >= 11 is 13.1. The molecule has 0 bridgehead atoms. The van der Waals surface area contributed by atoms with Gasteiger partial charge in [0.1, 0.15) is 11.0 Å². The van der Waals surface area contributed by atoms with Crippen LogP contribution in [0.15, 0.2) is 42.5 Å². The molecule has 3 aromatic rings. The molecule has 0 fully saturated rings. The molecule has 1 aromatic heterocycles. The Kier molecular flexibility index (Phi) is 6.66. The lowest BCUT2D eigenvalue weighted by molar-refractivity contribution is -0.116. The van der Waals surface area contributed by atoms with Gasteiger partial charge in [-0.3, -0.25) is 14.4 Å². The highest BCUT2D eigenvalue weighted by molar-refractivity contribution is 7.92. The van der Waals surface area contributed by atoms with Crippen LogP contribution >= 0.6 is 34.5 Å². The van der Waals surface area contributed by atoms with E-state index in [0.29, 0.717) is 26.3 Å². The molecule has 0 spiro atoms. The van der Waals surface area contributed by atoms with E-state index in [-0.39, 0.29) is 5.13 Å². The molecule has 158 valence electrons. The number of carbonyl (C=O) groups is 1. The average Bonchev–Trinajstić information content (AvgIpc) is 3.12. The van der Waals surface area contributed by atoms with Crippen molar-refractivity contribution in [3.05, 3.63) is 58.1 Å². The number of hydrogen-bond acceptors (Lipinski definition) is 6. The molecule has 11 heteroatoms. The Labute approximate surface area is 188 Å². The molecule has 0 unspecified atom stereocenters. The summed E-state index contributed by atoms with van der Waals surface area (Å²) < 4.78 is 26.0. The van der Waals surface area contributed by atoms with Crippen molar-refractivity contribution in [2.75, 3.05) is 15.9 Å². The van der Waals surface area contributed by atoms with E-state index in [1.807, 2.05) is 0 Å². The van der Waals surface area contributed by atoms with Gasteiger partial charge in [0.15, 0.2) is 0 Å². The van der Waals surface area contributed by atoms with E-state index >= 15 is 0 Å². The summed E-state index contributed by atoms with van der Waals surface area (Å²) in [5.74, 6) is -0.543. The Hall–Kier alpha value is -2.20. The van der Waals surface area contributed by atoms with Gasteiger partial charge in [-0.15, -0.1) is 10.2 Å². The Morgan fingerprint density at radius 3 is 2.37 bits per heavy atom. The highest BCUT2D eigenvalue weighted by Crippen LogP contribution is 2.30. The number of carbonyl (C=O) groups excluding carboxylic acids is 1. The number of amides is 1. The summed E-state index contributed by atoms with van der Waals surface area (Å²) in [6.45, 7) is 3.25. The second-order valence-corrected chi connectivity index (χ2v) is 10.3. The van der Waals surface area contributed by atoms with Crippen LogP contribution in [0.3, 0.4) is 0 Å². The molecule has 0 aliphatic carbocycles. The van der Waals surface area contributed by atoms with Crippen LogP contribution in [0.1, 0.15) is 12.5 Å². The van der Waals surface area contributed by atoms with Gasteiger partial charge < -0.3 is 0 Å². The van der Waals surface area contributed by atoms with Gasteiger partial charge in [-0.2, -0.15) is 0 Å². The lowest BCUT2D eigenvalue weighted by atomic mass is 10.2. The minimum Gasteiger partial charge on any atom is -0.299 e. The fraction of sp³-hybridized carbons (Fsp3) is 0.211. The van der Waals surface area contributed by atoms with Gasteiger partial charge in [-0.25, -0.2) is 8.42 Å². The zero-order valence-electron chi connectivity index (χ0n) is 16.3. The maximum atomic E-state index is 12.8. The molecule has 7 nitrogen and oxygen atoms in total. The number of aromatic nitrogens is 2. The van der Waals surface area contributed by atoms with E-state index in [1.54, 1.807) is 43.3 Å². The predicted molar refractivity (Wildman–Crippen MR) is 122 cm³/mol. The summed E-state index contributed by atoms with van der Waals surface area (Å²) in [5, 5.41) is 12.5. The van der Waals surface area contributed by atoms with Crippen molar-refractivity contribution in [2.45, 2.75) is 19.9 Å². The van der Waals surface area contributed by atoms with E-state index in [9.17, 15) is 13.2 Å². The lowest BCUT2D eigenvalue weighted by Crippen LogP contribution is -2.45. The monoisotopic (exact) mass is 484 g/mol. The van der Waals surface area contributed by atoms with Gasteiger partial charge >= 0.3 is 0 Å². The topological polar surface area (TPSA) is 92.3 Å². The van der Waals surface area contributed by atoms with Crippen LogP contribution < -0.4 is 9.62 Å². The van der Waals surface area contributed by atoms with Gasteiger partial charge in [-0.05, 0) is 43.7 Å². The van der Waals surface area contributed by atoms with E-state index in [1.165, 1.54) is 24.3 Å². The van der Waals surface area contributed by atoms with Crippen LogP contribution in [0, 0.1) is 6.92 Å². The van der Waals surface area contributed by atoms with Crippen molar-refractivity contribution in [3.63, 3.8) is 0 Å². The lowest BCUT2D eigenvalue weighted by Gasteiger charge is -2.29. The highest BCUT2D eigenvalue weighted by atomic mass is 35.5. The Morgan fingerprint density at radius 1 is 1.10 bits per heavy atom. The normalized spacial score (nSPS) is 12.4. The van der Waals surface area contributed by atoms with E-state index < -0.39 is 22.0 Å². The van der Waals surface area contributed by atoms with Gasteiger partial charge in [-0.1, -0.05) is 52.7 Å². The first-order valence-corrected chi connectivity index (χ1v) is 12.1. The molecule has 3 rings (SSSR count). The smallest absolute Gasteiger partial charge is 0.249 e. The Bertz CT molecular complexity index is 1180. The molecule has 1 heterocycles. The molecule has 1 N–H and O–H groups in total. The second-order valence-electron chi connectivity index (χ2n) is 6.57. The summed E-state index contributed by atoms with van der Waals surface area (Å²) in [4.78, 5) is 12.8. The van der Waals surface area contributed by atoms with Crippen LogP contribution in [0.4, 0.5) is 10.8 Å². The number of aryl methyl sites for hydroxylation is 1. The number of nitrogens with one attached hydrogen (secondary N) is 1. The van der Waals surface area contributed by atoms with Crippen molar-refractivity contribution >= 4 is 61.3 Å². The van der Waals surface area contributed by atoms with Crippen molar-refractivity contribution < 1.29 is 13.2 Å². The number of sulfonamides is 1. The quantitative estimate of drug-likeness (QED) is 0.551. The summed E-state index contributed by atoms with van der Waals surface area (Å²) in [7, 11) is -3.77. The largest absolute Gasteiger partial charge is 0.299 e. The van der Waals surface area contributed by atoms with Crippen LogP contribution in [0.2, 0.25) is 10.0 Å². The third-order valence-electron chi connectivity index (χ3n) is 4.24. The predicted octanol–water partition coefficient (Wildman–Crippen LogP) is 4.61. The molecule has 30 heavy (non-hydrogen) atoms. The second kappa shape index (κ2) is 8.89. The first-order valence-electron chi connectivity index (χ1n) is 8.72. The molecular formula is C19H18Cl2N4O3S2. The van der Waals surface area contributed by atoms with Crippen LogP contribution in [-0.4, -0.2) is 36.8 Å². The van der Waals surface area contributed by atoms with Crippen LogP contribution in [0.25, 0.3) is 10.6 Å². The van der Waals surface area contributed by atoms with Gasteiger partial charge in [0, 0.05) is 15.6 Å². The standard InChI is InChI=1S/C19H18Cl2N4O3S2/c1-11-4-7-15(21)10-16(11)25(30(3,27)28)12(2)17(26)22-19-24-23-18(29-19)13-5-8-14(20)9-6-13/h4-10,12H,1-3H3,(H,22,24,26)/t12-/m1/s1. The van der Waals surface area contributed by atoms with Crippen LogP contribution in [-0.2, 0) is 14.8 Å². The number of anilines is 2. The van der Waals surface area contributed by atoms with Crippen LogP contribution in [0.5, 0.6) is 0 Å². The zero-order chi connectivity index (χ0) is 22.1. The van der Waals surface area contributed by atoms with Crippen molar-refractivity contribution in [3.8, 4) is 10.6 Å². The third-order valence-corrected chi connectivity index (χ3v) is 6.85. The Balaban J connectivity index is 1.84. The number of hydrogen-bond donors (Lipinski definition) is 1. The molecule has 0 aliphatic rings. The Morgan fingerprint density at radius 2 is 1.73 bits per heavy atom. The van der Waals surface area contributed by atoms with E-state index in [0.717, 1.165) is 16.1 Å². The molecule has 1 amide bonds. The minimum atomic E-state index is -3.77. The summed E-state index contributed by atoms with van der Waals surface area (Å²) in [5.41, 5.74) is 1.81. The molecule has 0 aliphatic heterocycles. The van der Waals surface area contributed by atoms with Gasteiger partial charge in [0.25, 0.3) is 0 Å². The maximum absolute atomic E-state index is 12.8. The third kappa shape index (κ3) is 5.10. The van der Waals surface area contributed by atoms with Crippen molar-refractivity contribution in [1.29, 1.82) is 0 Å². The summed E-state index contributed by atoms with van der Waals surface area (Å²) in [6, 6.07) is 10.9. The number of halogens is 2. The molecule has 0 radical (unpaired) electrons. The van der Waals surface area contributed by atoms with E-state index in [4.69, 9.17) is 23.2 Å². The number of nitrogens with zero attached hydrogens (tertiary/aromatic N) is 3. The molecule has 1 atom stereocenters. The van der Waals surface area contributed by atoms with E-state index in [2.05, 4.69) is 15.5 Å². The maximum Gasteiger partial charge on any atom is 0.249 e. The first kappa shape index (κ1) is 22.5. The van der Waals surface area contributed by atoms with Crippen molar-refractivity contribution in [1.82, 2.24) is 10.2 Å². The first-order chi connectivity index (χ1) is 14.1. The fourth-order valence-corrected chi connectivity index (χ4v) is 5.06. The van der Waals surface area contributed by atoms with Gasteiger partial charge in [0.2, 0.25) is 21.1 Å². The average molecular weight is 485 g/mol. The molecular weight excluding hydrogens is 467 g/mol. The SMILES string of the molecule is Cc1ccc(Cl)cc1N([C@H](C)C(=O)Nc1nnc(-c2ccc(Cl)cc2)s1)S(C)(=O)=O. The molecule has 2 aromatic carbocycles.